The molecule has 0 fully saturated rings. The molecule has 10 rings (SSSR count). The summed E-state index contributed by atoms with van der Waals surface area (Å²) in [4.78, 5) is 9.02. The van der Waals surface area contributed by atoms with Crippen LogP contribution in [-0.4, -0.2) is 35.3 Å². The predicted molar refractivity (Wildman–Crippen MR) is 242 cm³/mol. The van der Waals surface area contributed by atoms with Crippen molar-refractivity contribution in [2.24, 2.45) is 9.98 Å². The highest BCUT2D eigenvalue weighted by Gasteiger charge is 2.41. The Morgan fingerprint density at radius 3 is 1.56 bits per heavy atom. The average molecular weight is 772 g/mol. The maximum atomic E-state index is 10.2. The third kappa shape index (κ3) is 5.74. The molecule has 0 radical (unpaired) electrons. The molecule has 0 bridgehead atoms. The third-order valence-electron chi connectivity index (χ3n) is 9.40. The zero-order valence-electron chi connectivity index (χ0n) is 53.2. The maximum Gasteiger partial charge on any atom is 0.238 e. The van der Waals surface area contributed by atoms with E-state index < -0.39 is 214 Å². The predicted octanol–water partition coefficient (Wildman–Crippen LogP) is 9.09. The number of fused-ring (bicyclic) bond motifs is 6. The monoisotopic (exact) mass is 771 g/mol. The molecule has 0 saturated carbocycles. The van der Waals surface area contributed by atoms with Gasteiger partial charge in [0, 0.05) is 27.1 Å². The van der Waals surface area contributed by atoms with Crippen molar-refractivity contribution in [1.82, 2.24) is 9.13 Å². The van der Waals surface area contributed by atoms with Gasteiger partial charge in [0.2, 0.25) is 5.96 Å². The van der Waals surface area contributed by atoms with E-state index >= 15 is 0 Å². The first-order chi connectivity index (χ1) is 38.2. The van der Waals surface area contributed by atoms with Crippen molar-refractivity contribution in [1.29, 1.82) is 5.41 Å². The summed E-state index contributed by atoms with van der Waals surface area (Å²) < 4.78 is 217. The summed E-state index contributed by atoms with van der Waals surface area (Å²) in [7, 11) is -4.57. The maximum absolute atomic E-state index is 10.2. The molecule has 0 saturated heterocycles. The topological polar surface area (TPSA) is 58.4 Å². The molecule has 10 aromatic rings. The van der Waals surface area contributed by atoms with Crippen LogP contribution in [-0.2, 0) is 0 Å². The fourth-order valence-corrected chi connectivity index (χ4v) is 11.3. The Labute approximate surface area is 365 Å². The Bertz CT molecular complexity index is 4350. The summed E-state index contributed by atoms with van der Waals surface area (Å²) in [5.74, 6) is -2.14. The number of hydrogen-bond acceptors (Lipinski definition) is 1. The van der Waals surface area contributed by atoms with Gasteiger partial charge >= 0.3 is 0 Å². The van der Waals surface area contributed by atoms with Crippen LogP contribution in [0.5, 0.6) is 0 Å². The first-order valence-electron chi connectivity index (χ1n) is 29.2. The molecule has 0 aliphatic rings. The standard InChI is InChI=1S/C51H37N5Si/c52-50(37-19-18-26-41(35-37)57(38-20-4-1-5-21-38,39-22-6-2-7-23-39)40-24-8-3-9-25-40)54-51(56-48-33-16-12-29-44(48)45-30-13-17-34-49(45)56)53-36-55-46-31-14-10-27-42(46)43-28-11-15-32-47(43)55/h1-36,52H/b52-50?,53-36+,54-51?/i1D,4D,5D,10D,11D,12D,13D,14D,15D,16D,17D,18D,19D,20D,26D,27D,28D,29D,30D,31D,32D,33D,34D,35D. The number of rotatable bonds is 6. The molecule has 0 atom stereocenters. The number of aliphatic imine (C=N–C) groups is 2. The van der Waals surface area contributed by atoms with Gasteiger partial charge in [0.15, 0.2) is 13.9 Å². The molecular formula is C51H37N5Si. The zero-order chi connectivity index (χ0) is 59.1. The fourth-order valence-electron chi connectivity index (χ4n) is 6.99. The van der Waals surface area contributed by atoms with Gasteiger partial charge in [-0.1, -0.05) is 188 Å². The molecular weight excluding hydrogens is 711 g/mol. The van der Waals surface area contributed by atoms with Crippen molar-refractivity contribution in [3.63, 3.8) is 0 Å². The van der Waals surface area contributed by atoms with Crippen molar-refractivity contribution in [2.75, 3.05) is 0 Å². The van der Waals surface area contributed by atoms with Crippen molar-refractivity contribution < 1.29 is 32.9 Å². The molecule has 2 heterocycles. The van der Waals surface area contributed by atoms with Gasteiger partial charge < -0.3 is 0 Å². The van der Waals surface area contributed by atoms with Gasteiger partial charge in [-0.05, 0) is 44.9 Å². The summed E-state index contributed by atoms with van der Waals surface area (Å²) in [6.45, 7) is 0. The summed E-state index contributed by atoms with van der Waals surface area (Å²) in [6.07, 6.45) is 0.746. The van der Waals surface area contributed by atoms with E-state index in [4.69, 9.17) is 23.3 Å². The molecule has 5 nitrogen and oxygen atoms in total. The highest BCUT2D eigenvalue weighted by Crippen LogP contribution is 2.30. The van der Waals surface area contributed by atoms with Crippen LogP contribution in [0.2, 0.25) is 0 Å². The third-order valence-corrected chi connectivity index (χ3v) is 13.9. The van der Waals surface area contributed by atoms with Crippen LogP contribution in [0.4, 0.5) is 0 Å². The molecule has 1 N–H and O–H groups in total. The first kappa shape index (κ1) is 17.2. The minimum absolute atomic E-state index is 0.0769. The van der Waals surface area contributed by atoms with Gasteiger partial charge in [0.05, 0.1) is 55.0 Å². The lowest BCUT2D eigenvalue weighted by molar-refractivity contribution is 1.21. The van der Waals surface area contributed by atoms with Crippen LogP contribution in [0.1, 0.15) is 38.5 Å². The number of para-hydroxylation sites is 4. The SMILES string of the molecule is [2H]c1cc([Si](c2ccccc2)(c2ccccc2)c2c([2H])c([2H])c([2H])c(C(=N)N=C(/N=C/n3c4c([2H])c([2H])c([2H])c([2H])c4c4c([2H])c([2H])c([2H])c([2H])c43)n3c4c([2H])c([2H])c([2H])c([2H])c4c4c([2H])c([2H])c([2H])c([2H])c43)c2[2H])c([2H])c([2H])c1[2H]. The molecule has 0 amide bonds. The minimum Gasteiger partial charge on any atom is -0.300 e. The van der Waals surface area contributed by atoms with Crippen LogP contribution in [0, 0.1) is 5.41 Å². The van der Waals surface area contributed by atoms with E-state index in [2.05, 4.69) is 9.98 Å². The highest BCUT2D eigenvalue weighted by molar-refractivity contribution is 7.19. The number of hydrogen-bond donors (Lipinski definition) is 1. The van der Waals surface area contributed by atoms with Gasteiger partial charge in [0.1, 0.15) is 6.34 Å². The van der Waals surface area contributed by atoms with E-state index in [0.717, 1.165) is 15.5 Å². The number of amidine groups is 1. The van der Waals surface area contributed by atoms with Crippen molar-refractivity contribution >= 4 is 90.6 Å². The van der Waals surface area contributed by atoms with Crippen LogP contribution >= 0.6 is 0 Å². The second-order valence-electron chi connectivity index (χ2n) is 12.4. The fraction of sp³-hybridized carbons (Fsp3) is 0. The Balaban J connectivity index is 1.40. The number of aromatic nitrogens is 2. The number of nitrogens with zero attached hydrogens (tertiary/aromatic N) is 4. The molecule has 0 unspecified atom stereocenters. The minimum atomic E-state index is -4.57. The van der Waals surface area contributed by atoms with E-state index in [1.54, 1.807) is 60.7 Å². The molecule has 6 heteroatoms. The second-order valence-corrected chi connectivity index (χ2v) is 16.1. The summed E-state index contributed by atoms with van der Waals surface area (Å²) in [6, 6.07) is -1.17. The summed E-state index contributed by atoms with van der Waals surface area (Å²) in [5.41, 5.74) is -2.98. The lowest BCUT2D eigenvalue weighted by Gasteiger charge is -2.34. The summed E-state index contributed by atoms with van der Waals surface area (Å²) >= 11 is 0. The lowest BCUT2D eigenvalue weighted by Crippen LogP contribution is -2.74. The molecule has 0 spiro atoms. The molecule has 0 aliphatic carbocycles. The largest absolute Gasteiger partial charge is 0.300 e. The molecule has 2 aromatic heterocycles. The second kappa shape index (κ2) is 14.3. The zero-order valence-corrected chi connectivity index (χ0v) is 30.2. The average Bonchev–Trinajstić information content (AvgIpc) is 2.41. The van der Waals surface area contributed by atoms with Crippen LogP contribution in [0.15, 0.2) is 222 Å². The normalized spacial score (nSPS) is 18.2. The quantitative estimate of drug-likeness (QED) is 0.0760. The van der Waals surface area contributed by atoms with Crippen LogP contribution in [0.25, 0.3) is 43.6 Å². The highest BCUT2D eigenvalue weighted by atomic mass is 28.3. The molecule has 8 aromatic carbocycles. The Kier molecular flexibility index (Phi) is 4.32. The van der Waals surface area contributed by atoms with Gasteiger partial charge in [-0.3, -0.25) is 14.5 Å². The first-order valence-corrected chi connectivity index (χ1v) is 19.2. The van der Waals surface area contributed by atoms with Gasteiger partial charge in [-0.2, -0.15) is 4.99 Å². The van der Waals surface area contributed by atoms with Crippen LogP contribution in [0.3, 0.4) is 0 Å². The molecule has 0 aliphatic heterocycles. The lowest BCUT2D eigenvalue weighted by atomic mass is 10.2. The van der Waals surface area contributed by atoms with Crippen LogP contribution < -0.4 is 20.7 Å². The molecule has 57 heavy (non-hydrogen) atoms. The molecule has 270 valence electrons. The van der Waals surface area contributed by atoms with E-state index in [1.165, 1.54) is 6.07 Å². The van der Waals surface area contributed by atoms with E-state index in [9.17, 15) is 15.0 Å². The Morgan fingerprint density at radius 2 is 0.982 bits per heavy atom. The smallest absolute Gasteiger partial charge is 0.238 e. The number of nitrogens with one attached hydrogen (secondary N) is 1. The number of benzene rings is 8. The van der Waals surface area contributed by atoms with Crippen molar-refractivity contribution in [3.05, 3.63) is 217 Å². The van der Waals surface area contributed by atoms with Gasteiger partial charge in [0.25, 0.3) is 0 Å². The van der Waals surface area contributed by atoms with E-state index in [1.807, 2.05) is 0 Å². The Morgan fingerprint density at radius 1 is 0.491 bits per heavy atom. The Hall–Kier alpha value is -7.41. The van der Waals surface area contributed by atoms with Gasteiger partial charge in [-0.15, -0.1) is 0 Å². The van der Waals surface area contributed by atoms with Crippen molar-refractivity contribution in [2.45, 2.75) is 0 Å². The van der Waals surface area contributed by atoms with Gasteiger partial charge in [-0.25, -0.2) is 4.99 Å². The van der Waals surface area contributed by atoms with Crippen molar-refractivity contribution in [3.8, 4) is 0 Å². The van der Waals surface area contributed by atoms with E-state index in [-0.39, 0.29) is 10.4 Å². The van der Waals surface area contributed by atoms with E-state index in [0.29, 0.717) is 10.4 Å². The summed E-state index contributed by atoms with van der Waals surface area (Å²) in [5, 5.41) is 8.36.